The predicted molar refractivity (Wildman–Crippen MR) is 73.5 cm³/mol. The Balaban J connectivity index is 2.06. The van der Waals surface area contributed by atoms with Crippen LogP contribution >= 0.6 is 15.9 Å². The van der Waals surface area contributed by atoms with Gasteiger partial charge < -0.3 is 9.47 Å². The Bertz CT molecular complexity index is 518. The van der Waals surface area contributed by atoms with E-state index in [1.54, 1.807) is 0 Å². The minimum Gasteiger partial charge on any atom is -0.342 e. The van der Waals surface area contributed by atoms with Crippen molar-refractivity contribution in [1.29, 1.82) is 0 Å². The molecular formula is C12H15BrO5S. The molecule has 0 bridgehead atoms. The van der Waals surface area contributed by atoms with Crippen LogP contribution in [0.25, 0.3) is 0 Å². The van der Waals surface area contributed by atoms with Crippen molar-refractivity contribution < 1.29 is 22.1 Å². The van der Waals surface area contributed by atoms with Crippen LogP contribution in [-0.4, -0.2) is 39.3 Å². The number of hydrogen-bond acceptors (Lipinski definition) is 5. The zero-order valence-electron chi connectivity index (χ0n) is 10.4. The van der Waals surface area contributed by atoms with Crippen LogP contribution in [0.2, 0.25) is 0 Å². The van der Waals surface area contributed by atoms with E-state index >= 15 is 0 Å². The summed E-state index contributed by atoms with van der Waals surface area (Å²) < 4.78 is 38.2. The molecule has 0 N–H and O–H groups in total. The average Bonchev–Trinajstić information content (AvgIpc) is 2.82. The molecule has 1 fully saturated rings. The maximum atomic E-state index is 11.0. The van der Waals surface area contributed by atoms with Gasteiger partial charge in [-0.25, -0.2) is 0 Å². The van der Waals surface area contributed by atoms with Crippen LogP contribution in [0.15, 0.2) is 30.3 Å². The van der Waals surface area contributed by atoms with Gasteiger partial charge in [0.2, 0.25) is 5.79 Å². The number of benzene rings is 1. The molecule has 2 rings (SSSR count). The number of ether oxygens (including phenoxy) is 2. The monoisotopic (exact) mass is 350 g/mol. The van der Waals surface area contributed by atoms with E-state index in [0.717, 1.165) is 11.8 Å². The number of halogens is 1. The summed E-state index contributed by atoms with van der Waals surface area (Å²) in [4.78, 5) is 0. The quantitative estimate of drug-likeness (QED) is 0.596. The fraction of sp³-hybridized carbons (Fsp3) is 0.500. The van der Waals surface area contributed by atoms with Gasteiger partial charge in [0.1, 0.15) is 6.10 Å². The Morgan fingerprint density at radius 2 is 2.11 bits per heavy atom. The largest absolute Gasteiger partial charge is 0.342 e. The van der Waals surface area contributed by atoms with E-state index in [0.29, 0.717) is 5.33 Å². The Labute approximate surface area is 121 Å². The van der Waals surface area contributed by atoms with Gasteiger partial charge in [0.05, 0.1) is 24.8 Å². The first kappa shape index (κ1) is 14.9. The molecule has 0 aliphatic carbocycles. The summed E-state index contributed by atoms with van der Waals surface area (Å²) in [6.45, 7) is 0.246. The molecule has 106 valence electrons. The van der Waals surface area contributed by atoms with Gasteiger partial charge in [-0.05, 0) is 0 Å². The molecule has 0 amide bonds. The van der Waals surface area contributed by atoms with Crippen molar-refractivity contribution in [1.82, 2.24) is 0 Å². The van der Waals surface area contributed by atoms with Gasteiger partial charge in [0.25, 0.3) is 10.1 Å². The summed E-state index contributed by atoms with van der Waals surface area (Å²) in [5, 5.41) is 0.458. The first-order valence-corrected chi connectivity index (χ1v) is 8.67. The molecule has 0 spiro atoms. The van der Waals surface area contributed by atoms with Crippen molar-refractivity contribution in [2.75, 3.05) is 24.8 Å². The van der Waals surface area contributed by atoms with Crippen LogP contribution < -0.4 is 0 Å². The van der Waals surface area contributed by atoms with Gasteiger partial charge in [0.15, 0.2) is 0 Å². The van der Waals surface area contributed by atoms with Crippen molar-refractivity contribution >= 4 is 26.0 Å². The molecule has 7 heteroatoms. The third-order valence-corrected chi connectivity index (χ3v) is 4.02. The van der Waals surface area contributed by atoms with E-state index in [1.807, 2.05) is 30.3 Å². The Hall–Kier alpha value is -0.470. The molecule has 0 unspecified atom stereocenters. The van der Waals surface area contributed by atoms with E-state index in [1.165, 1.54) is 0 Å². The Morgan fingerprint density at radius 1 is 1.42 bits per heavy atom. The summed E-state index contributed by atoms with van der Waals surface area (Å²) in [5.74, 6) is -0.882. The van der Waals surface area contributed by atoms with Crippen LogP contribution in [0.5, 0.6) is 0 Å². The molecule has 1 aliphatic heterocycles. The number of alkyl halides is 1. The maximum Gasteiger partial charge on any atom is 0.264 e. The highest BCUT2D eigenvalue weighted by Crippen LogP contribution is 2.36. The van der Waals surface area contributed by atoms with Gasteiger partial charge in [-0.2, -0.15) is 8.42 Å². The molecular weight excluding hydrogens is 336 g/mol. The maximum absolute atomic E-state index is 11.0. The van der Waals surface area contributed by atoms with Crippen molar-refractivity contribution in [3.63, 3.8) is 0 Å². The molecule has 5 nitrogen and oxygen atoms in total. The van der Waals surface area contributed by atoms with E-state index in [-0.39, 0.29) is 13.2 Å². The summed E-state index contributed by atoms with van der Waals surface area (Å²) in [6, 6.07) is 9.51. The first-order valence-electron chi connectivity index (χ1n) is 5.73. The molecule has 1 aliphatic rings. The minimum absolute atomic E-state index is 0.0413. The zero-order chi connectivity index (χ0) is 13.9. The summed E-state index contributed by atoms with van der Waals surface area (Å²) in [6.07, 6.45) is 0.602. The summed E-state index contributed by atoms with van der Waals surface area (Å²) in [5.41, 5.74) is 0.883. The van der Waals surface area contributed by atoms with Crippen molar-refractivity contribution in [2.45, 2.75) is 11.9 Å². The fourth-order valence-electron chi connectivity index (χ4n) is 1.84. The second-order valence-electron chi connectivity index (χ2n) is 4.29. The lowest BCUT2D eigenvalue weighted by Crippen LogP contribution is -2.31. The van der Waals surface area contributed by atoms with E-state index < -0.39 is 22.0 Å². The highest BCUT2D eigenvalue weighted by Gasteiger charge is 2.42. The van der Waals surface area contributed by atoms with Gasteiger partial charge in [-0.15, -0.1) is 0 Å². The number of rotatable bonds is 5. The van der Waals surface area contributed by atoms with Crippen molar-refractivity contribution in [2.24, 2.45) is 0 Å². The molecule has 1 aromatic carbocycles. The third-order valence-electron chi connectivity index (χ3n) is 2.72. The van der Waals surface area contributed by atoms with Crippen LogP contribution in [-0.2, 0) is 29.6 Å². The molecule has 19 heavy (non-hydrogen) atoms. The Kier molecular flexibility index (Phi) is 4.62. The lowest BCUT2D eigenvalue weighted by molar-refractivity contribution is -0.159. The smallest absolute Gasteiger partial charge is 0.264 e. The average molecular weight is 351 g/mol. The molecule has 0 radical (unpaired) electrons. The second-order valence-corrected chi connectivity index (χ2v) is 6.50. The van der Waals surface area contributed by atoms with Gasteiger partial charge in [-0.3, -0.25) is 4.18 Å². The predicted octanol–water partition coefficient (Wildman–Crippen LogP) is 1.63. The summed E-state index contributed by atoms with van der Waals surface area (Å²) >= 11 is 3.38. The molecule has 2 atom stereocenters. The molecule has 1 aromatic rings. The molecule has 0 aromatic heterocycles. The fourth-order valence-corrected chi connectivity index (χ4v) is 2.85. The van der Waals surface area contributed by atoms with Gasteiger partial charge in [0, 0.05) is 5.56 Å². The zero-order valence-corrected chi connectivity index (χ0v) is 12.8. The Morgan fingerprint density at radius 3 is 2.68 bits per heavy atom. The van der Waals surface area contributed by atoms with Crippen LogP contribution in [0.4, 0.5) is 0 Å². The van der Waals surface area contributed by atoms with Crippen LogP contribution in [0.3, 0.4) is 0 Å². The van der Waals surface area contributed by atoms with Crippen molar-refractivity contribution in [3.05, 3.63) is 35.9 Å². The van der Waals surface area contributed by atoms with Gasteiger partial charge >= 0.3 is 0 Å². The molecule has 1 saturated heterocycles. The van der Waals surface area contributed by atoms with E-state index in [4.69, 9.17) is 13.7 Å². The lowest BCUT2D eigenvalue weighted by atomic mass is 10.1. The second kappa shape index (κ2) is 5.88. The third kappa shape index (κ3) is 3.76. The highest BCUT2D eigenvalue weighted by atomic mass is 79.9. The number of hydrogen-bond donors (Lipinski definition) is 0. The van der Waals surface area contributed by atoms with Gasteiger partial charge in [-0.1, -0.05) is 46.3 Å². The van der Waals surface area contributed by atoms with Crippen LogP contribution in [0, 0.1) is 0 Å². The normalized spacial score (nSPS) is 27.6. The molecule has 1 heterocycles. The van der Waals surface area contributed by atoms with Crippen molar-refractivity contribution in [3.8, 4) is 0 Å². The molecule has 0 saturated carbocycles. The highest BCUT2D eigenvalue weighted by molar-refractivity contribution is 9.09. The van der Waals surface area contributed by atoms with E-state index in [9.17, 15) is 8.42 Å². The lowest BCUT2D eigenvalue weighted by Gasteiger charge is -2.26. The minimum atomic E-state index is -3.47. The van der Waals surface area contributed by atoms with Crippen LogP contribution in [0.1, 0.15) is 5.56 Å². The standard InChI is InChI=1S/C12H15BrO5S/c1-19(14,15)17-8-11-7-16-12(9-13,18-11)10-5-3-2-4-6-10/h2-6,11H,7-9H2,1H3/t11-,12+/m0/s1. The summed E-state index contributed by atoms with van der Waals surface area (Å²) in [7, 11) is -3.47. The van der Waals surface area contributed by atoms with E-state index in [2.05, 4.69) is 15.9 Å². The SMILES string of the molecule is CS(=O)(=O)OC[C@@H]1CO[C@@](CBr)(c2ccccc2)O1. The topological polar surface area (TPSA) is 61.8 Å². The first-order chi connectivity index (χ1) is 8.95.